The lowest BCUT2D eigenvalue weighted by atomic mass is 10.1. The maximum Gasteiger partial charge on any atom is 0.254 e. The predicted octanol–water partition coefficient (Wildman–Crippen LogP) is 2.06. The van der Waals surface area contributed by atoms with Crippen LogP contribution in [0.15, 0.2) is 24.3 Å². The second kappa shape index (κ2) is 6.40. The summed E-state index contributed by atoms with van der Waals surface area (Å²) in [6.45, 7) is 7.22. The summed E-state index contributed by atoms with van der Waals surface area (Å²) in [5.74, 6) is 0.0631. The zero-order valence-electron chi connectivity index (χ0n) is 10.9. The van der Waals surface area contributed by atoms with Gasteiger partial charge < -0.3 is 10.6 Å². The van der Waals surface area contributed by atoms with Gasteiger partial charge in [0.25, 0.3) is 5.91 Å². The highest BCUT2D eigenvalue weighted by molar-refractivity contribution is 5.94. The van der Waals surface area contributed by atoms with Crippen molar-refractivity contribution in [1.82, 2.24) is 4.90 Å². The van der Waals surface area contributed by atoms with Crippen molar-refractivity contribution in [3.63, 3.8) is 0 Å². The molecule has 3 nitrogen and oxygen atoms in total. The fourth-order valence-electron chi connectivity index (χ4n) is 1.78. The Labute approximate surface area is 104 Å². The highest BCUT2D eigenvalue weighted by atomic mass is 16.2. The molecule has 0 saturated heterocycles. The minimum absolute atomic E-state index is 0.0631. The van der Waals surface area contributed by atoms with E-state index in [1.165, 1.54) is 5.56 Å². The molecule has 0 saturated carbocycles. The van der Waals surface area contributed by atoms with Crippen LogP contribution in [0.1, 0.15) is 36.7 Å². The first-order chi connectivity index (χ1) is 8.10. The molecule has 0 heterocycles. The third kappa shape index (κ3) is 3.56. The van der Waals surface area contributed by atoms with Crippen LogP contribution in [-0.4, -0.2) is 29.9 Å². The van der Waals surface area contributed by atoms with Crippen LogP contribution in [0.3, 0.4) is 0 Å². The Balaban J connectivity index is 2.85. The van der Waals surface area contributed by atoms with Crippen molar-refractivity contribution in [2.45, 2.75) is 33.2 Å². The largest absolute Gasteiger partial charge is 0.335 e. The van der Waals surface area contributed by atoms with Crippen molar-refractivity contribution >= 4 is 5.91 Å². The van der Waals surface area contributed by atoms with Crippen LogP contribution in [0.5, 0.6) is 0 Å². The lowest BCUT2D eigenvalue weighted by molar-refractivity contribution is 0.0712. The molecule has 0 bridgehead atoms. The first-order valence-electron chi connectivity index (χ1n) is 6.20. The third-order valence-electron chi connectivity index (χ3n) is 2.86. The summed E-state index contributed by atoms with van der Waals surface area (Å²) in [5, 5.41) is 0. The zero-order chi connectivity index (χ0) is 12.8. The second-order valence-corrected chi connectivity index (χ2v) is 4.43. The molecule has 17 heavy (non-hydrogen) atoms. The van der Waals surface area contributed by atoms with Gasteiger partial charge in [-0.25, -0.2) is 0 Å². The van der Waals surface area contributed by atoms with Crippen molar-refractivity contribution in [2.24, 2.45) is 5.73 Å². The lowest BCUT2D eigenvalue weighted by Crippen LogP contribution is -2.40. The Kier molecular flexibility index (Phi) is 5.16. The third-order valence-corrected chi connectivity index (χ3v) is 2.86. The molecule has 1 aromatic carbocycles. The van der Waals surface area contributed by atoms with E-state index in [0.717, 1.165) is 12.0 Å². The standard InChI is InChI=1S/C14H22N2O/c1-4-12-5-7-13(8-6-12)14(17)16(10-9-15)11(2)3/h5-8,11H,4,9-10,15H2,1-3H3. The molecule has 0 aliphatic carbocycles. The Morgan fingerprint density at radius 2 is 1.88 bits per heavy atom. The molecule has 94 valence electrons. The average molecular weight is 234 g/mol. The number of hydrogen-bond donors (Lipinski definition) is 1. The van der Waals surface area contributed by atoms with Crippen LogP contribution < -0.4 is 5.73 Å². The van der Waals surface area contributed by atoms with Gasteiger partial charge in [-0.2, -0.15) is 0 Å². The summed E-state index contributed by atoms with van der Waals surface area (Å²) in [6, 6.07) is 7.99. The van der Waals surface area contributed by atoms with Crippen LogP contribution in [0.25, 0.3) is 0 Å². The van der Waals surface area contributed by atoms with E-state index < -0.39 is 0 Å². The topological polar surface area (TPSA) is 46.3 Å². The molecule has 1 amide bonds. The van der Waals surface area contributed by atoms with E-state index in [2.05, 4.69) is 6.92 Å². The Hall–Kier alpha value is -1.35. The quantitative estimate of drug-likeness (QED) is 0.847. The van der Waals surface area contributed by atoms with Crippen LogP contribution in [0.2, 0.25) is 0 Å². The SMILES string of the molecule is CCc1ccc(C(=O)N(CCN)C(C)C)cc1. The molecular weight excluding hydrogens is 212 g/mol. The number of carbonyl (C=O) groups is 1. The molecule has 0 radical (unpaired) electrons. The number of rotatable bonds is 5. The first-order valence-corrected chi connectivity index (χ1v) is 6.20. The van der Waals surface area contributed by atoms with Gasteiger partial charge in [-0.3, -0.25) is 4.79 Å². The van der Waals surface area contributed by atoms with Gasteiger partial charge in [-0.1, -0.05) is 19.1 Å². The molecule has 2 N–H and O–H groups in total. The van der Waals surface area contributed by atoms with E-state index in [1.807, 2.05) is 38.1 Å². The van der Waals surface area contributed by atoms with Gasteiger partial charge in [0.1, 0.15) is 0 Å². The van der Waals surface area contributed by atoms with Crippen molar-refractivity contribution < 1.29 is 4.79 Å². The maximum absolute atomic E-state index is 12.2. The van der Waals surface area contributed by atoms with Crippen molar-refractivity contribution in [3.05, 3.63) is 35.4 Å². The molecule has 0 atom stereocenters. The summed E-state index contributed by atoms with van der Waals surface area (Å²) >= 11 is 0. The van der Waals surface area contributed by atoms with Gasteiger partial charge in [-0.15, -0.1) is 0 Å². The summed E-state index contributed by atoms with van der Waals surface area (Å²) in [7, 11) is 0. The Bertz CT molecular complexity index is 357. The second-order valence-electron chi connectivity index (χ2n) is 4.43. The molecule has 0 unspecified atom stereocenters. The van der Waals surface area contributed by atoms with E-state index in [-0.39, 0.29) is 11.9 Å². The molecule has 0 spiro atoms. The number of carbonyl (C=O) groups excluding carboxylic acids is 1. The van der Waals surface area contributed by atoms with Gasteiger partial charge in [-0.05, 0) is 38.0 Å². The number of hydrogen-bond acceptors (Lipinski definition) is 2. The van der Waals surface area contributed by atoms with E-state index in [0.29, 0.717) is 13.1 Å². The summed E-state index contributed by atoms with van der Waals surface area (Å²) in [5.41, 5.74) is 7.52. The minimum atomic E-state index is 0.0631. The molecule has 1 aromatic rings. The van der Waals surface area contributed by atoms with Crippen LogP contribution in [0, 0.1) is 0 Å². The van der Waals surface area contributed by atoms with Gasteiger partial charge in [0, 0.05) is 24.7 Å². The molecule has 1 rings (SSSR count). The fourth-order valence-corrected chi connectivity index (χ4v) is 1.78. The first kappa shape index (κ1) is 13.7. The molecule has 0 aliphatic rings. The fraction of sp³-hybridized carbons (Fsp3) is 0.500. The number of amides is 1. The van der Waals surface area contributed by atoms with Gasteiger partial charge in [0.15, 0.2) is 0 Å². The molecule has 0 aliphatic heterocycles. The Morgan fingerprint density at radius 3 is 2.29 bits per heavy atom. The number of nitrogens with zero attached hydrogens (tertiary/aromatic N) is 1. The van der Waals surface area contributed by atoms with Crippen molar-refractivity contribution in [1.29, 1.82) is 0 Å². The van der Waals surface area contributed by atoms with Gasteiger partial charge >= 0.3 is 0 Å². The lowest BCUT2D eigenvalue weighted by Gasteiger charge is -2.26. The van der Waals surface area contributed by atoms with E-state index >= 15 is 0 Å². The minimum Gasteiger partial charge on any atom is -0.335 e. The molecular formula is C14H22N2O. The van der Waals surface area contributed by atoms with E-state index in [9.17, 15) is 4.79 Å². The number of nitrogens with two attached hydrogens (primary N) is 1. The van der Waals surface area contributed by atoms with E-state index in [1.54, 1.807) is 4.90 Å². The van der Waals surface area contributed by atoms with E-state index in [4.69, 9.17) is 5.73 Å². The highest BCUT2D eigenvalue weighted by Gasteiger charge is 2.17. The molecule has 0 aromatic heterocycles. The predicted molar refractivity (Wildman–Crippen MR) is 71.0 cm³/mol. The van der Waals surface area contributed by atoms with Crippen LogP contribution in [0.4, 0.5) is 0 Å². The maximum atomic E-state index is 12.2. The molecule has 3 heteroatoms. The van der Waals surface area contributed by atoms with Gasteiger partial charge in [0.2, 0.25) is 0 Å². The summed E-state index contributed by atoms with van der Waals surface area (Å²) < 4.78 is 0. The average Bonchev–Trinajstić information content (AvgIpc) is 2.35. The van der Waals surface area contributed by atoms with Crippen molar-refractivity contribution in [2.75, 3.05) is 13.1 Å². The number of aryl methyl sites for hydroxylation is 1. The smallest absolute Gasteiger partial charge is 0.254 e. The zero-order valence-corrected chi connectivity index (χ0v) is 10.9. The summed E-state index contributed by atoms with van der Waals surface area (Å²) in [4.78, 5) is 14.1. The Morgan fingerprint density at radius 1 is 1.29 bits per heavy atom. The van der Waals surface area contributed by atoms with Crippen LogP contribution >= 0.6 is 0 Å². The monoisotopic (exact) mass is 234 g/mol. The normalized spacial score (nSPS) is 10.6. The molecule has 0 fully saturated rings. The summed E-state index contributed by atoms with van der Waals surface area (Å²) in [6.07, 6.45) is 0.991. The van der Waals surface area contributed by atoms with Gasteiger partial charge in [0.05, 0.1) is 0 Å². The number of benzene rings is 1. The van der Waals surface area contributed by atoms with Crippen molar-refractivity contribution in [3.8, 4) is 0 Å². The highest BCUT2D eigenvalue weighted by Crippen LogP contribution is 2.10. The van der Waals surface area contributed by atoms with Crippen LogP contribution in [-0.2, 0) is 6.42 Å².